The summed E-state index contributed by atoms with van der Waals surface area (Å²) >= 11 is 0. The summed E-state index contributed by atoms with van der Waals surface area (Å²) in [6.45, 7) is 1.07. The molecule has 2 aromatic heterocycles. The predicted molar refractivity (Wildman–Crippen MR) is 156 cm³/mol. The van der Waals surface area contributed by atoms with Crippen LogP contribution in [0.1, 0.15) is 27.2 Å². The number of pyridine rings is 2. The molecule has 15 heteroatoms. The van der Waals surface area contributed by atoms with Crippen LogP contribution in [0.15, 0.2) is 65.6 Å². The van der Waals surface area contributed by atoms with Gasteiger partial charge in [0.2, 0.25) is 0 Å². The quantitative estimate of drug-likeness (QED) is 0.187. The number of ether oxygens (including phenoxy) is 3. The number of benzene rings is 3. The Kier molecular flexibility index (Phi) is 8.53. The van der Waals surface area contributed by atoms with Crippen LogP contribution in [-0.2, 0) is 6.18 Å². The van der Waals surface area contributed by atoms with Crippen LogP contribution in [0, 0.1) is 35.7 Å². The van der Waals surface area contributed by atoms with Gasteiger partial charge in [0.25, 0.3) is 11.5 Å². The van der Waals surface area contributed by atoms with Crippen molar-refractivity contribution in [2.45, 2.75) is 13.1 Å². The molecule has 47 heavy (non-hydrogen) atoms. The van der Waals surface area contributed by atoms with E-state index in [2.05, 4.69) is 10.3 Å². The molecule has 9 nitrogen and oxygen atoms in total. The van der Waals surface area contributed by atoms with Gasteiger partial charge in [0.15, 0.2) is 34.6 Å². The molecule has 0 bridgehead atoms. The van der Waals surface area contributed by atoms with Crippen molar-refractivity contribution in [3.05, 3.63) is 111 Å². The summed E-state index contributed by atoms with van der Waals surface area (Å²) in [7, 11) is 2.75. The highest BCUT2D eigenvalue weighted by molar-refractivity contribution is 6.04. The van der Waals surface area contributed by atoms with E-state index in [1.807, 2.05) is 0 Å². The second kappa shape index (κ2) is 12.4. The van der Waals surface area contributed by atoms with Gasteiger partial charge in [-0.25, -0.2) is 13.2 Å². The molecule has 0 saturated carbocycles. The number of halogens is 6. The lowest BCUT2D eigenvalue weighted by molar-refractivity contribution is -0.142. The number of carbonyl (C=O) groups is 1. The van der Waals surface area contributed by atoms with E-state index >= 15 is 4.39 Å². The van der Waals surface area contributed by atoms with Crippen LogP contribution in [0.25, 0.3) is 16.6 Å². The number of fused-ring (bicyclic) bond motifs is 1. The number of methoxy groups -OCH3 is 2. The fourth-order valence-corrected chi connectivity index (χ4v) is 4.72. The second-order valence-corrected chi connectivity index (χ2v) is 9.81. The van der Waals surface area contributed by atoms with Crippen LogP contribution in [0.4, 0.5) is 32.0 Å². The van der Waals surface area contributed by atoms with Crippen LogP contribution in [0.2, 0.25) is 0 Å². The zero-order valence-corrected chi connectivity index (χ0v) is 24.4. The fraction of sp³-hybridized carbons (Fsp3) is 0.125. The third kappa shape index (κ3) is 6.00. The summed E-state index contributed by atoms with van der Waals surface area (Å²) in [4.78, 5) is 30.3. The summed E-state index contributed by atoms with van der Waals surface area (Å²) in [6, 6.07) is 10.3. The van der Waals surface area contributed by atoms with Crippen molar-refractivity contribution in [2.75, 3.05) is 19.5 Å². The maximum atomic E-state index is 15.2. The molecule has 1 amide bonds. The number of hydrogen-bond donors (Lipinski definition) is 1. The monoisotopic (exact) mass is 654 g/mol. The number of amides is 1. The average molecular weight is 655 g/mol. The van der Waals surface area contributed by atoms with E-state index in [4.69, 9.17) is 19.5 Å². The van der Waals surface area contributed by atoms with E-state index in [9.17, 15) is 31.5 Å². The highest BCUT2D eigenvalue weighted by Crippen LogP contribution is 2.39. The van der Waals surface area contributed by atoms with Crippen molar-refractivity contribution in [1.82, 2.24) is 9.55 Å². The zero-order valence-electron chi connectivity index (χ0n) is 24.4. The van der Waals surface area contributed by atoms with Gasteiger partial charge in [0.1, 0.15) is 23.1 Å². The maximum absolute atomic E-state index is 15.2. The van der Waals surface area contributed by atoms with Gasteiger partial charge in [-0.05, 0) is 49.4 Å². The molecule has 3 aromatic carbocycles. The fourth-order valence-electron chi connectivity index (χ4n) is 4.72. The minimum absolute atomic E-state index is 0.115. The molecule has 0 aliphatic heterocycles. The van der Waals surface area contributed by atoms with Crippen LogP contribution in [0.5, 0.6) is 23.0 Å². The van der Waals surface area contributed by atoms with Gasteiger partial charge in [-0.3, -0.25) is 19.1 Å². The minimum Gasteiger partial charge on any atom is -0.493 e. The van der Waals surface area contributed by atoms with Crippen molar-refractivity contribution in [3.63, 3.8) is 0 Å². The van der Waals surface area contributed by atoms with Gasteiger partial charge < -0.3 is 19.5 Å². The second-order valence-electron chi connectivity index (χ2n) is 9.81. The summed E-state index contributed by atoms with van der Waals surface area (Å²) in [6.07, 6.45) is -4.23. The maximum Gasteiger partial charge on any atom is 0.431 e. The Morgan fingerprint density at radius 3 is 2.28 bits per heavy atom. The summed E-state index contributed by atoms with van der Waals surface area (Å²) in [5.74, 6) is -4.72. The molecular weight excluding hydrogens is 634 g/mol. The Bertz CT molecular complexity index is 2180. The number of nitrogens with one attached hydrogen (secondary N) is 1. The van der Waals surface area contributed by atoms with Gasteiger partial charge in [0.05, 0.1) is 37.2 Å². The summed E-state index contributed by atoms with van der Waals surface area (Å²) < 4.78 is 102. The average Bonchev–Trinajstić information content (AvgIpc) is 3.03. The molecule has 0 fully saturated rings. The summed E-state index contributed by atoms with van der Waals surface area (Å²) in [5, 5.41) is 11.4. The molecule has 5 aromatic rings. The van der Waals surface area contributed by atoms with Crippen LogP contribution in [0.3, 0.4) is 0 Å². The lowest BCUT2D eigenvalue weighted by Crippen LogP contribution is -2.33. The molecule has 2 heterocycles. The van der Waals surface area contributed by atoms with Crippen LogP contribution < -0.4 is 25.1 Å². The van der Waals surface area contributed by atoms with Crippen molar-refractivity contribution in [2.24, 2.45) is 0 Å². The van der Waals surface area contributed by atoms with Crippen LogP contribution in [-0.4, -0.2) is 29.7 Å². The van der Waals surface area contributed by atoms with Gasteiger partial charge in [-0.15, -0.1) is 0 Å². The van der Waals surface area contributed by atoms with Crippen molar-refractivity contribution >= 4 is 22.5 Å². The van der Waals surface area contributed by atoms with Crippen LogP contribution >= 0.6 is 0 Å². The third-order valence-corrected chi connectivity index (χ3v) is 7.02. The number of alkyl halides is 3. The number of aromatic nitrogens is 2. The van der Waals surface area contributed by atoms with E-state index in [1.165, 1.54) is 26.4 Å². The van der Waals surface area contributed by atoms with Gasteiger partial charge >= 0.3 is 6.18 Å². The number of nitrogens with zero attached hydrogens (tertiary/aromatic N) is 3. The molecule has 0 aliphatic carbocycles. The third-order valence-electron chi connectivity index (χ3n) is 7.02. The molecule has 0 atom stereocenters. The zero-order chi connectivity index (χ0) is 34.2. The minimum atomic E-state index is -5.10. The Morgan fingerprint density at radius 2 is 1.64 bits per heavy atom. The van der Waals surface area contributed by atoms with Crippen molar-refractivity contribution in [3.8, 4) is 34.8 Å². The number of rotatable bonds is 7. The van der Waals surface area contributed by atoms with Crippen molar-refractivity contribution < 1.29 is 45.3 Å². The van der Waals surface area contributed by atoms with E-state index in [-0.39, 0.29) is 26.9 Å². The molecule has 0 saturated heterocycles. The Labute approximate surface area is 261 Å². The molecule has 0 spiro atoms. The molecular formula is C32H20F6N4O5. The SMILES string of the molecule is COc1cc2ncc(F)c(Oc3ccc(NC(=O)c4ccc(C(F)(F)F)n(-c5ccc(C#N)c(F)c5C)c4=O)cc3F)c2cc1OC. The van der Waals surface area contributed by atoms with E-state index in [0.29, 0.717) is 17.9 Å². The van der Waals surface area contributed by atoms with Gasteiger partial charge in [-0.2, -0.15) is 18.4 Å². The number of hydrogen-bond acceptors (Lipinski definition) is 7. The topological polar surface area (TPSA) is 115 Å². The highest BCUT2D eigenvalue weighted by atomic mass is 19.4. The lowest BCUT2D eigenvalue weighted by atomic mass is 10.1. The Balaban J connectivity index is 1.48. The molecule has 1 N–H and O–H groups in total. The largest absolute Gasteiger partial charge is 0.493 e. The molecule has 0 radical (unpaired) electrons. The number of carbonyl (C=O) groups excluding carboxylic acids is 1. The molecule has 5 rings (SSSR count). The van der Waals surface area contributed by atoms with Gasteiger partial charge in [-0.1, -0.05) is 0 Å². The first-order valence-electron chi connectivity index (χ1n) is 13.3. The standard InChI is InChI=1S/C32H20F6N4O5/c1-15-23(7-4-16(13-39)28(15)35)42-27(32(36,37)38)9-6-18(31(42)44)30(43)41-17-5-8-24(20(33)10-17)47-29-19-11-25(45-2)26(46-3)12-22(19)40-14-21(29)34/h4-12,14H,1-3H3,(H,41,43). The lowest BCUT2D eigenvalue weighted by Gasteiger charge is -2.19. The van der Waals surface area contributed by atoms with E-state index in [0.717, 1.165) is 43.5 Å². The van der Waals surface area contributed by atoms with Crippen molar-refractivity contribution in [1.29, 1.82) is 5.26 Å². The summed E-state index contributed by atoms with van der Waals surface area (Å²) in [5.41, 5.74) is -5.21. The number of anilines is 1. The Hall–Kier alpha value is -6.04. The molecule has 240 valence electrons. The predicted octanol–water partition coefficient (Wildman–Crippen LogP) is 7.06. The number of nitriles is 1. The smallest absolute Gasteiger partial charge is 0.431 e. The normalized spacial score (nSPS) is 11.2. The van der Waals surface area contributed by atoms with E-state index in [1.54, 1.807) is 6.07 Å². The van der Waals surface area contributed by atoms with E-state index < -0.39 is 74.7 Å². The first kappa shape index (κ1) is 32.4. The molecule has 0 unspecified atom stereocenters. The Morgan fingerprint density at radius 1 is 0.936 bits per heavy atom. The first-order valence-corrected chi connectivity index (χ1v) is 13.3. The van der Waals surface area contributed by atoms with Gasteiger partial charge in [0, 0.05) is 28.8 Å². The molecule has 0 aliphatic rings. The first-order chi connectivity index (χ1) is 22.3. The highest BCUT2D eigenvalue weighted by Gasteiger charge is 2.36.